The first kappa shape index (κ1) is 13.7. The van der Waals surface area contributed by atoms with Crippen LogP contribution in [0, 0.1) is 6.92 Å². The van der Waals surface area contributed by atoms with E-state index in [2.05, 4.69) is 20.4 Å². The van der Waals surface area contributed by atoms with Crippen molar-refractivity contribution in [3.63, 3.8) is 0 Å². The number of nitrogens with zero attached hydrogens (tertiary/aromatic N) is 4. The number of aryl methyl sites for hydroxylation is 1. The van der Waals surface area contributed by atoms with E-state index in [4.69, 9.17) is 5.11 Å². The standard InChI is InChI=1S/C15H13N5O2/c1-10-9-16-15(19-13(10)20-8-2-7-17-20)18-12-5-3-11(4-6-12)14(21)22/h2-9H,1H3,(H,21,22)(H,16,18,19). The van der Waals surface area contributed by atoms with E-state index < -0.39 is 5.97 Å². The quantitative estimate of drug-likeness (QED) is 0.767. The van der Waals surface area contributed by atoms with Gasteiger partial charge in [-0.25, -0.2) is 14.5 Å². The van der Waals surface area contributed by atoms with Gasteiger partial charge in [0.05, 0.1) is 5.56 Å². The van der Waals surface area contributed by atoms with Gasteiger partial charge in [-0.15, -0.1) is 0 Å². The van der Waals surface area contributed by atoms with Crippen LogP contribution in [0.5, 0.6) is 0 Å². The minimum Gasteiger partial charge on any atom is -0.478 e. The summed E-state index contributed by atoms with van der Waals surface area (Å²) in [6.07, 6.45) is 5.19. The predicted molar refractivity (Wildman–Crippen MR) is 80.6 cm³/mol. The highest BCUT2D eigenvalue weighted by Gasteiger charge is 2.07. The second-order valence-electron chi connectivity index (χ2n) is 4.66. The Morgan fingerprint density at radius 2 is 2.05 bits per heavy atom. The van der Waals surface area contributed by atoms with Gasteiger partial charge in [0.15, 0.2) is 5.82 Å². The van der Waals surface area contributed by atoms with Gasteiger partial charge >= 0.3 is 5.97 Å². The Morgan fingerprint density at radius 1 is 1.27 bits per heavy atom. The molecule has 3 rings (SSSR count). The first-order valence-corrected chi connectivity index (χ1v) is 6.57. The summed E-state index contributed by atoms with van der Waals surface area (Å²) in [4.78, 5) is 19.5. The monoisotopic (exact) mass is 295 g/mol. The van der Waals surface area contributed by atoms with Crippen LogP contribution in [0.2, 0.25) is 0 Å². The SMILES string of the molecule is Cc1cnc(Nc2ccc(C(=O)O)cc2)nc1-n1cccn1. The number of hydrogen-bond donors (Lipinski definition) is 2. The molecule has 0 unspecified atom stereocenters. The minimum atomic E-state index is -0.959. The molecule has 0 saturated heterocycles. The average molecular weight is 295 g/mol. The molecule has 0 bridgehead atoms. The fraction of sp³-hybridized carbons (Fsp3) is 0.0667. The average Bonchev–Trinajstić information content (AvgIpc) is 3.04. The van der Waals surface area contributed by atoms with Crippen molar-refractivity contribution in [1.29, 1.82) is 0 Å². The molecule has 0 atom stereocenters. The van der Waals surface area contributed by atoms with Crippen molar-refractivity contribution < 1.29 is 9.90 Å². The number of nitrogens with one attached hydrogen (secondary N) is 1. The largest absolute Gasteiger partial charge is 0.478 e. The molecule has 0 aliphatic heterocycles. The van der Waals surface area contributed by atoms with E-state index in [9.17, 15) is 4.79 Å². The van der Waals surface area contributed by atoms with Crippen LogP contribution in [0.15, 0.2) is 48.9 Å². The smallest absolute Gasteiger partial charge is 0.335 e. The fourth-order valence-corrected chi connectivity index (χ4v) is 1.94. The summed E-state index contributed by atoms with van der Waals surface area (Å²) in [7, 11) is 0. The first-order chi connectivity index (χ1) is 10.6. The van der Waals surface area contributed by atoms with E-state index in [1.54, 1.807) is 35.4 Å². The zero-order valence-corrected chi connectivity index (χ0v) is 11.8. The number of anilines is 2. The Hall–Kier alpha value is -3.22. The molecule has 2 N–H and O–H groups in total. The third-order valence-electron chi connectivity index (χ3n) is 3.05. The highest BCUT2D eigenvalue weighted by atomic mass is 16.4. The van der Waals surface area contributed by atoms with Gasteiger partial charge in [-0.3, -0.25) is 0 Å². The van der Waals surface area contributed by atoms with Crippen molar-refractivity contribution >= 4 is 17.6 Å². The number of carbonyl (C=O) groups is 1. The van der Waals surface area contributed by atoms with Crippen molar-refractivity contribution in [3.8, 4) is 5.82 Å². The minimum absolute atomic E-state index is 0.229. The molecular weight excluding hydrogens is 282 g/mol. The molecule has 22 heavy (non-hydrogen) atoms. The molecule has 0 fully saturated rings. The lowest BCUT2D eigenvalue weighted by atomic mass is 10.2. The lowest BCUT2D eigenvalue weighted by Gasteiger charge is -2.09. The van der Waals surface area contributed by atoms with E-state index >= 15 is 0 Å². The van der Waals surface area contributed by atoms with Crippen LogP contribution < -0.4 is 5.32 Å². The molecule has 0 aliphatic rings. The molecule has 1 aromatic carbocycles. The van der Waals surface area contributed by atoms with Gasteiger partial charge in [0.25, 0.3) is 0 Å². The molecule has 3 aromatic rings. The maximum absolute atomic E-state index is 10.8. The summed E-state index contributed by atoms with van der Waals surface area (Å²) in [5.74, 6) is 0.142. The van der Waals surface area contributed by atoms with Crippen LogP contribution in [0.1, 0.15) is 15.9 Å². The molecule has 0 saturated carbocycles. The van der Waals surface area contributed by atoms with E-state index in [-0.39, 0.29) is 5.56 Å². The summed E-state index contributed by atoms with van der Waals surface area (Å²) in [6, 6.07) is 8.19. The molecule has 0 spiro atoms. The maximum atomic E-state index is 10.8. The molecule has 0 amide bonds. The van der Waals surface area contributed by atoms with Gasteiger partial charge in [-0.05, 0) is 37.3 Å². The number of carboxylic acids is 1. The van der Waals surface area contributed by atoms with E-state index in [1.807, 2.05) is 13.0 Å². The second kappa shape index (κ2) is 5.65. The predicted octanol–water partition coefficient (Wildman–Crippen LogP) is 2.41. The van der Waals surface area contributed by atoms with Crippen LogP contribution in [-0.4, -0.2) is 30.8 Å². The highest BCUT2D eigenvalue weighted by Crippen LogP contribution is 2.16. The van der Waals surface area contributed by atoms with Crippen molar-refractivity contribution in [2.75, 3.05) is 5.32 Å². The van der Waals surface area contributed by atoms with Gasteiger partial charge in [0, 0.05) is 29.8 Å². The third kappa shape index (κ3) is 2.78. The Kier molecular flexibility index (Phi) is 3.53. The molecular formula is C15H13N5O2. The highest BCUT2D eigenvalue weighted by molar-refractivity contribution is 5.88. The normalized spacial score (nSPS) is 10.4. The first-order valence-electron chi connectivity index (χ1n) is 6.57. The summed E-state index contributed by atoms with van der Waals surface area (Å²) in [5, 5.41) is 16.1. The van der Waals surface area contributed by atoms with E-state index in [0.717, 1.165) is 5.56 Å². The van der Waals surface area contributed by atoms with Gasteiger partial charge in [0.1, 0.15) is 0 Å². The van der Waals surface area contributed by atoms with Crippen molar-refractivity contribution in [1.82, 2.24) is 19.7 Å². The third-order valence-corrected chi connectivity index (χ3v) is 3.05. The Morgan fingerprint density at radius 3 is 2.68 bits per heavy atom. The van der Waals surface area contributed by atoms with Crippen LogP contribution >= 0.6 is 0 Å². The molecule has 2 heterocycles. The lowest BCUT2D eigenvalue weighted by Crippen LogP contribution is -2.06. The molecule has 110 valence electrons. The second-order valence-corrected chi connectivity index (χ2v) is 4.66. The van der Waals surface area contributed by atoms with E-state index in [1.165, 1.54) is 12.1 Å². The summed E-state index contributed by atoms with van der Waals surface area (Å²) < 4.78 is 1.66. The molecule has 0 aliphatic carbocycles. The molecule has 7 heteroatoms. The van der Waals surface area contributed by atoms with Crippen LogP contribution in [0.4, 0.5) is 11.6 Å². The number of carboxylic acid groups (broad SMARTS) is 1. The Bertz CT molecular complexity index is 797. The number of aromatic nitrogens is 4. The summed E-state index contributed by atoms with van der Waals surface area (Å²) in [6.45, 7) is 1.91. The maximum Gasteiger partial charge on any atom is 0.335 e. The number of hydrogen-bond acceptors (Lipinski definition) is 5. The van der Waals surface area contributed by atoms with Gasteiger partial charge in [0.2, 0.25) is 5.95 Å². The number of benzene rings is 1. The van der Waals surface area contributed by atoms with Crippen LogP contribution in [-0.2, 0) is 0 Å². The lowest BCUT2D eigenvalue weighted by molar-refractivity contribution is 0.0697. The topological polar surface area (TPSA) is 92.9 Å². The van der Waals surface area contributed by atoms with Gasteiger partial charge in [-0.2, -0.15) is 10.1 Å². The zero-order valence-electron chi connectivity index (χ0n) is 11.8. The summed E-state index contributed by atoms with van der Waals surface area (Å²) in [5.41, 5.74) is 1.84. The van der Waals surface area contributed by atoms with Gasteiger partial charge < -0.3 is 10.4 Å². The van der Waals surface area contributed by atoms with E-state index in [0.29, 0.717) is 17.5 Å². The Balaban J connectivity index is 1.86. The fourth-order valence-electron chi connectivity index (χ4n) is 1.94. The van der Waals surface area contributed by atoms with Gasteiger partial charge in [-0.1, -0.05) is 0 Å². The van der Waals surface area contributed by atoms with Crippen molar-refractivity contribution in [2.45, 2.75) is 6.92 Å². The number of rotatable bonds is 4. The number of aromatic carboxylic acids is 1. The zero-order chi connectivity index (χ0) is 15.5. The van der Waals surface area contributed by atoms with Crippen molar-refractivity contribution in [3.05, 3.63) is 60.0 Å². The summed E-state index contributed by atoms with van der Waals surface area (Å²) >= 11 is 0. The Labute approximate surface area is 126 Å². The molecule has 2 aromatic heterocycles. The molecule has 7 nitrogen and oxygen atoms in total. The molecule has 0 radical (unpaired) electrons. The van der Waals surface area contributed by atoms with Crippen molar-refractivity contribution in [2.24, 2.45) is 0 Å². The van der Waals surface area contributed by atoms with Crippen LogP contribution in [0.25, 0.3) is 5.82 Å². The van der Waals surface area contributed by atoms with Crippen LogP contribution in [0.3, 0.4) is 0 Å².